The van der Waals surface area contributed by atoms with Crippen molar-refractivity contribution in [2.75, 3.05) is 12.3 Å². The molecule has 0 radical (unpaired) electrons. The van der Waals surface area contributed by atoms with Gasteiger partial charge >= 0.3 is 0 Å². The lowest BCUT2D eigenvalue weighted by Crippen LogP contribution is -1.99. The summed E-state index contributed by atoms with van der Waals surface area (Å²) in [6.45, 7) is 4.08. The molecule has 1 aromatic heterocycles. The SMILES string of the molecule is C=CCOc1ccc(-c2cnc(N)nc2-c2ccccc2O)cc1. The Labute approximate surface area is 140 Å². The van der Waals surface area contributed by atoms with Gasteiger partial charge in [0.2, 0.25) is 5.95 Å². The number of ether oxygens (including phenoxy) is 1. The van der Waals surface area contributed by atoms with E-state index >= 15 is 0 Å². The number of phenolic OH excluding ortho intramolecular Hbond substituents is 1. The van der Waals surface area contributed by atoms with Crippen LogP contribution in [0.1, 0.15) is 0 Å². The highest BCUT2D eigenvalue weighted by Crippen LogP contribution is 2.35. The number of benzene rings is 2. The Bertz CT molecular complexity index is 861. The maximum Gasteiger partial charge on any atom is 0.220 e. The van der Waals surface area contributed by atoms with Crippen molar-refractivity contribution in [3.63, 3.8) is 0 Å². The van der Waals surface area contributed by atoms with Crippen LogP contribution >= 0.6 is 0 Å². The molecule has 24 heavy (non-hydrogen) atoms. The maximum atomic E-state index is 10.1. The van der Waals surface area contributed by atoms with Gasteiger partial charge in [0.1, 0.15) is 18.1 Å². The van der Waals surface area contributed by atoms with E-state index in [-0.39, 0.29) is 11.7 Å². The monoisotopic (exact) mass is 319 g/mol. The molecule has 0 saturated carbocycles. The summed E-state index contributed by atoms with van der Waals surface area (Å²) in [5.74, 6) is 1.05. The number of rotatable bonds is 5. The minimum absolute atomic E-state index is 0.141. The number of aromatic hydroxyl groups is 1. The smallest absolute Gasteiger partial charge is 0.220 e. The standard InChI is InChI=1S/C19H17N3O2/c1-2-11-24-14-9-7-13(8-10-14)16-12-21-19(20)22-18(16)15-5-3-4-6-17(15)23/h2-10,12,23H,1,11H2,(H2,20,21,22). The van der Waals surface area contributed by atoms with Gasteiger partial charge in [0.15, 0.2) is 0 Å². The summed E-state index contributed by atoms with van der Waals surface area (Å²) in [4.78, 5) is 8.40. The molecule has 3 aromatic rings. The normalized spacial score (nSPS) is 10.3. The van der Waals surface area contributed by atoms with Crippen LogP contribution in [0.3, 0.4) is 0 Å². The summed E-state index contributed by atoms with van der Waals surface area (Å²) in [6.07, 6.45) is 3.35. The summed E-state index contributed by atoms with van der Waals surface area (Å²) in [5, 5.41) is 10.1. The summed E-state index contributed by atoms with van der Waals surface area (Å²) in [7, 11) is 0. The van der Waals surface area contributed by atoms with Crippen LogP contribution in [0.25, 0.3) is 22.4 Å². The van der Waals surface area contributed by atoms with Crippen LogP contribution < -0.4 is 10.5 Å². The van der Waals surface area contributed by atoms with Gasteiger partial charge in [-0.3, -0.25) is 0 Å². The van der Waals surface area contributed by atoms with Crippen LogP contribution in [0.15, 0.2) is 67.4 Å². The highest BCUT2D eigenvalue weighted by atomic mass is 16.5. The molecule has 0 aliphatic heterocycles. The minimum Gasteiger partial charge on any atom is -0.507 e. The van der Waals surface area contributed by atoms with Gasteiger partial charge in [0, 0.05) is 17.3 Å². The molecule has 5 heteroatoms. The van der Waals surface area contributed by atoms with E-state index in [2.05, 4.69) is 16.5 Å². The Balaban J connectivity index is 2.05. The number of nitrogen functional groups attached to an aromatic ring is 1. The van der Waals surface area contributed by atoms with Crippen LogP contribution in [0.2, 0.25) is 0 Å². The summed E-state index contributed by atoms with van der Waals surface area (Å²) < 4.78 is 5.49. The first-order valence-electron chi connectivity index (χ1n) is 7.44. The summed E-state index contributed by atoms with van der Waals surface area (Å²) >= 11 is 0. The van der Waals surface area contributed by atoms with E-state index in [1.165, 1.54) is 0 Å². The third-order valence-corrected chi connectivity index (χ3v) is 3.50. The largest absolute Gasteiger partial charge is 0.507 e. The molecular weight excluding hydrogens is 302 g/mol. The van der Waals surface area contributed by atoms with E-state index < -0.39 is 0 Å². The van der Waals surface area contributed by atoms with Gasteiger partial charge in [-0.05, 0) is 29.8 Å². The van der Waals surface area contributed by atoms with Crippen molar-refractivity contribution in [3.8, 4) is 33.9 Å². The van der Waals surface area contributed by atoms with Gasteiger partial charge in [-0.15, -0.1) is 0 Å². The van der Waals surface area contributed by atoms with Crippen molar-refractivity contribution < 1.29 is 9.84 Å². The fourth-order valence-corrected chi connectivity index (χ4v) is 2.37. The first-order valence-corrected chi connectivity index (χ1v) is 7.44. The lowest BCUT2D eigenvalue weighted by atomic mass is 10.00. The Kier molecular flexibility index (Phi) is 4.43. The first-order chi connectivity index (χ1) is 11.7. The molecule has 2 aromatic carbocycles. The lowest BCUT2D eigenvalue weighted by Gasteiger charge is -2.11. The van der Waals surface area contributed by atoms with E-state index in [1.807, 2.05) is 30.3 Å². The number of para-hydroxylation sites is 1. The van der Waals surface area contributed by atoms with E-state index in [9.17, 15) is 5.11 Å². The average Bonchev–Trinajstić information content (AvgIpc) is 2.61. The third-order valence-electron chi connectivity index (χ3n) is 3.50. The Morgan fingerprint density at radius 3 is 2.54 bits per heavy atom. The molecule has 0 aliphatic rings. The molecule has 0 aliphatic carbocycles. The highest BCUT2D eigenvalue weighted by Gasteiger charge is 2.13. The van der Waals surface area contributed by atoms with Crippen molar-refractivity contribution in [1.29, 1.82) is 0 Å². The van der Waals surface area contributed by atoms with Crippen molar-refractivity contribution in [1.82, 2.24) is 9.97 Å². The van der Waals surface area contributed by atoms with E-state index in [1.54, 1.807) is 30.5 Å². The quantitative estimate of drug-likeness (QED) is 0.701. The van der Waals surface area contributed by atoms with Gasteiger partial charge in [-0.25, -0.2) is 9.97 Å². The molecule has 0 unspecified atom stereocenters. The van der Waals surface area contributed by atoms with Crippen LogP contribution in [-0.4, -0.2) is 21.7 Å². The van der Waals surface area contributed by atoms with Crippen LogP contribution in [-0.2, 0) is 0 Å². The van der Waals surface area contributed by atoms with Crippen molar-refractivity contribution in [3.05, 3.63) is 67.4 Å². The average molecular weight is 319 g/mol. The van der Waals surface area contributed by atoms with Gasteiger partial charge in [-0.1, -0.05) is 36.9 Å². The third kappa shape index (κ3) is 3.20. The fourth-order valence-electron chi connectivity index (χ4n) is 2.37. The summed E-state index contributed by atoms with van der Waals surface area (Å²) in [6, 6.07) is 14.6. The van der Waals surface area contributed by atoms with Gasteiger partial charge in [-0.2, -0.15) is 0 Å². The predicted octanol–water partition coefficient (Wildman–Crippen LogP) is 3.66. The molecule has 1 heterocycles. The molecule has 0 spiro atoms. The van der Waals surface area contributed by atoms with Crippen LogP contribution in [0, 0.1) is 0 Å². The molecule has 0 atom stereocenters. The van der Waals surface area contributed by atoms with Crippen molar-refractivity contribution >= 4 is 5.95 Å². The Morgan fingerprint density at radius 1 is 1.08 bits per heavy atom. The number of nitrogens with zero attached hydrogens (tertiary/aromatic N) is 2. The Morgan fingerprint density at radius 2 is 1.83 bits per heavy atom. The van der Waals surface area contributed by atoms with Crippen LogP contribution in [0.5, 0.6) is 11.5 Å². The number of hydrogen-bond donors (Lipinski definition) is 2. The zero-order chi connectivity index (χ0) is 16.9. The second-order valence-electron chi connectivity index (χ2n) is 5.13. The van der Waals surface area contributed by atoms with E-state index in [4.69, 9.17) is 10.5 Å². The number of nitrogens with two attached hydrogens (primary N) is 1. The van der Waals surface area contributed by atoms with Gasteiger partial charge in [0.05, 0.1) is 5.69 Å². The van der Waals surface area contributed by atoms with E-state index in [0.29, 0.717) is 17.9 Å². The zero-order valence-corrected chi connectivity index (χ0v) is 13.0. The topological polar surface area (TPSA) is 81.3 Å². The molecule has 0 bridgehead atoms. The lowest BCUT2D eigenvalue weighted by molar-refractivity contribution is 0.363. The van der Waals surface area contributed by atoms with Gasteiger partial charge < -0.3 is 15.6 Å². The second kappa shape index (κ2) is 6.83. The maximum absolute atomic E-state index is 10.1. The molecular formula is C19H17N3O2. The summed E-state index contributed by atoms with van der Waals surface area (Å²) in [5.41, 5.74) is 8.61. The van der Waals surface area contributed by atoms with Crippen molar-refractivity contribution in [2.45, 2.75) is 0 Å². The number of phenols is 1. The minimum atomic E-state index is 0.141. The Hall–Kier alpha value is -3.34. The molecule has 5 nitrogen and oxygen atoms in total. The predicted molar refractivity (Wildman–Crippen MR) is 94.7 cm³/mol. The number of anilines is 1. The van der Waals surface area contributed by atoms with Crippen LogP contribution in [0.4, 0.5) is 5.95 Å². The molecule has 0 amide bonds. The number of aromatic nitrogens is 2. The fraction of sp³-hybridized carbons (Fsp3) is 0.0526. The first kappa shape index (κ1) is 15.6. The van der Waals surface area contributed by atoms with E-state index in [0.717, 1.165) is 16.9 Å². The second-order valence-corrected chi connectivity index (χ2v) is 5.13. The van der Waals surface area contributed by atoms with Crippen molar-refractivity contribution in [2.24, 2.45) is 0 Å². The highest BCUT2D eigenvalue weighted by molar-refractivity contribution is 5.83. The molecule has 0 saturated heterocycles. The molecule has 120 valence electrons. The molecule has 3 N–H and O–H groups in total. The molecule has 0 fully saturated rings. The molecule has 3 rings (SSSR count). The number of hydrogen-bond acceptors (Lipinski definition) is 5. The van der Waals surface area contributed by atoms with Gasteiger partial charge in [0.25, 0.3) is 0 Å². The zero-order valence-electron chi connectivity index (χ0n) is 13.0.